The fraction of sp³-hybridized carbons (Fsp3) is 0.613. The van der Waals surface area contributed by atoms with E-state index in [0.717, 1.165) is 50.5 Å². The van der Waals surface area contributed by atoms with Gasteiger partial charge in [-0.05, 0) is 91.9 Å². The van der Waals surface area contributed by atoms with Crippen molar-refractivity contribution in [3.8, 4) is 0 Å². The van der Waals surface area contributed by atoms with Crippen molar-refractivity contribution in [1.29, 1.82) is 0 Å². The zero-order valence-electron chi connectivity index (χ0n) is 22.5. The minimum absolute atomic E-state index is 0.0245. The molecule has 7 nitrogen and oxygen atoms in total. The van der Waals surface area contributed by atoms with E-state index < -0.39 is 5.97 Å². The summed E-state index contributed by atoms with van der Waals surface area (Å²) in [6.07, 6.45) is 9.83. The molecule has 1 aromatic rings. The van der Waals surface area contributed by atoms with Crippen LogP contribution in [0.4, 0.5) is 0 Å². The zero-order chi connectivity index (χ0) is 27.1. The molecule has 3 saturated carbocycles. The summed E-state index contributed by atoms with van der Waals surface area (Å²) in [6.45, 7) is 4.97. The number of hydrogen-bond acceptors (Lipinski definition) is 5. The summed E-state index contributed by atoms with van der Waals surface area (Å²) in [4.78, 5) is 48.1. The van der Waals surface area contributed by atoms with Crippen LogP contribution >= 0.6 is 0 Å². The summed E-state index contributed by atoms with van der Waals surface area (Å²) in [6, 6.07) is 6.34. The van der Waals surface area contributed by atoms with Gasteiger partial charge >= 0.3 is 11.9 Å². The molecular weight excluding hydrogens is 482 g/mol. The average molecular weight is 522 g/mol. The molecule has 3 fully saturated rings. The Morgan fingerprint density at radius 1 is 0.974 bits per heavy atom. The Morgan fingerprint density at radius 3 is 2.47 bits per heavy atom. The number of ketones is 1. The lowest BCUT2D eigenvalue weighted by Crippen LogP contribution is -2.51. The summed E-state index contributed by atoms with van der Waals surface area (Å²) in [7, 11) is 0. The van der Waals surface area contributed by atoms with Crippen molar-refractivity contribution in [3.05, 3.63) is 47.0 Å². The van der Waals surface area contributed by atoms with E-state index in [4.69, 9.17) is 9.84 Å². The second-order valence-electron chi connectivity index (χ2n) is 12.3. The summed E-state index contributed by atoms with van der Waals surface area (Å²) in [5.74, 6) is 0.501. The number of benzene rings is 1. The van der Waals surface area contributed by atoms with Crippen LogP contribution in [0, 0.1) is 28.6 Å². The SMILES string of the molecule is C[C@]12CC[C@H]3[C@@H](CCC4=CC(=O)CC[C@@]43C)[C@@H]1CC[C@H]2OC(=O)CCC(=O)NCc1ccc(C(=O)O)cc1. The maximum atomic E-state index is 12.8. The van der Waals surface area contributed by atoms with E-state index >= 15 is 0 Å². The van der Waals surface area contributed by atoms with E-state index in [0.29, 0.717) is 24.2 Å². The number of fused-ring (bicyclic) bond motifs is 5. The van der Waals surface area contributed by atoms with E-state index in [9.17, 15) is 19.2 Å². The van der Waals surface area contributed by atoms with E-state index in [1.165, 1.54) is 17.7 Å². The molecule has 1 aromatic carbocycles. The second-order valence-corrected chi connectivity index (χ2v) is 12.3. The van der Waals surface area contributed by atoms with E-state index in [2.05, 4.69) is 19.2 Å². The van der Waals surface area contributed by atoms with Crippen molar-refractivity contribution in [2.45, 2.75) is 90.7 Å². The lowest BCUT2D eigenvalue weighted by Gasteiger charge is -2.57. The zero-order valence-corrected chi connectivity index (χ0v) is 22.5. The van der Waals surface area contributed by atoms with Gasteiger partial charge in [-0.25, -0.2) is 4.79 Å². The third-order valence-corrected chi connectivity index (χ3v) is 10.4. The maximum absolute atomic E-state index is 12.8. The van der Waals surface area contributed by atoms with Gasteiger partial charge in [-0.15, -0.1) is 0 Å². The Hall–Kier alpha value is -2.96. The number of esters is 1. The lowest BCUT2D eigenvalue weighted by atomic mass is 9.47. The van der Waals surface area contributed by atoms with E-state index in [1.54, 1.807) is 12.1 Å². The van der Waals surface area contributed by atoms with Crippen molar-refractivity contribution >= 4 is 23.6 Å². The highest BCUT2D eigenvalue weighted by Gasteiger charge is 2.59. The maximum Gasteiger partial charge on any atom is 0.335 e. The smallest absolute Gasteiger partial charge is 0.335 e. The van der Waals surface area contributed by atoms with E-state index in [1.807, 2.05) is 6.08 Å². The molecule has 0 aliphatic heterocycles. The first-order valence-electron chi connectivity index (χ1n) is 14.1. The number of carbonyl (C=O) groups is 4. The minimum atomic E-state index is -0.990. The quantitative estimate of drug-likeness (QED) is 0.476. The molecule has 204 valence electrons. The third kappa shape index (κ3) is 4.92. The first-order chi connectivity index (χ1) is 18.1. The Morgan fingerprint density at radius 2 is 1.74 bits per heavy atom. The molecule has 7 heteroatoms. The van der Waals surface area contributed by atoms with Crippen LogP contribution in [-0.2, 0) is 25.7 Å². The van der Waals surface area contributed by atoms with Crippen molar-refractivity contribution in [2.75, 3.05) is 0 Å². The molecule has 0 saturated heterocycles. The first kappa shape index (κ1) is 26.6. The number of hydrogen-bond donors (Lipinski definition) is 2. The highest BCUT2D eigenvalue weighted by atomic mass is 16.5. The van der Waals surface area contributed by atoms with Gasteiger partial charge in [0.25, 0.3) is 0 Å². The highest BCUT2D eigenvalue weighted by Crippen LogP contribution is 2.65. The van der Waals surface area contributed by atoms with Crippen LogP contribution in [0.5, 0.6) is 0 Å². The van der Waals surface area contributed by atoms with Crippen LogP contribution in [0.3, 0.4) is 0 Å². The minimum Gasteiger partial charge on any atom is -0.478 e. The number of aromatic carboxylic acids is 1. The number of ether oxygens (including phenoxy) is 1. The van der Waals surface area contributed by atoms with Crippen LogP contribution in [0.25, 0.3) is 0 Å². The molecule has 4 aliphatic rings. The molecule has 6 atom stereocenters. The monoisotopic (exact) mass is 521 g/mol. The van der Waals surface area contributed by atoms with Gasteiger partial charge in [-0.2, -0.15) is 0 Å². The number of carboxylic acid groups (broad SMARTS) is 1. The van der Waals surface area contributed by atoms with Crippen LogP contribution in [-0.4, -0.2) is 34.8 Å². The number of allylic oxidation sites excluding steroid dienone is 1. The number of amides is 1. The van der Waals surface area contributed by atoms with Gasteiger partial charge in [0.2, 0.25) is 5.91 Å². The standard InChI is InChI=1S/C31H39NO6/c1-30-15-13-22(33)17-21(30)7-8-23-24-9-10-26(31(24,2)16-14-25(23)30)38-28(35)12-11-27(34)32-18-19-3-5-20(6-4-19)29(36)37/h3-6,17,23-26H,7-16,18H2,1-2H3,(H,32,34)(H,36,37)/t23-,24-,25-,26+,30-,31-/m0/s1. The van der Waals surface area contributed by atoms with Crippen LogP contribution in [0.15, 0.2) is 35.9 Å². The number of nitrogens with one attached hydrogen (secondary N) is 1. The third-order valence-electron chi connectivity index (χ3n) is 10.4. The van der Waals surface area contributed by atoms with Crippen LogP contribution < -0.4 is 5.32 Å². The predicted octanol–water partition coefficient (Wildman–Crippen LogP) is 5.22. The Kier molecular flexibility index (Phi) is 7.23. The van der Waals surface area contributed by atoms with Gasteiger partial charge in [0.1, 0.15) is 6.10 Å². The molecule has 0 bridgehead atoms. The highest BCUT2D eigenvalue weighted by molar-refractivity contribution is 5.91. The second kappa shape index (κ2) is 10.3. The fourth-order valence-corrected chi connectivity index (χ4v) is 8.19. The number of carboxylic acids is 1. The Labute approximate surface area is 224 Å². The van der Waals surface area contributed by atoms with Gasteiger partial charge in [0.05, 0.1) is 12.0 Å². The van der Waals surface area contributed by atoms with Crippen molar-refractivity contribution < 1.29 is 29.0 Å². The summed E-state index contributed by atoms with van der Waals surface area (Å²) < 4.78 is 6.03. The molecule has 0 heterocycles. The van der Waals surface area contributed by atoms with E-state index in [-0.39, 0.29) is 59.5 Å². The molecule has 1 amide bonds. The molecule has 5 rings (SSSR count). The Bertz CT molecular complexity index is 1160. The topological polar surface area (TPSA) is 110 Å². The molecular formula is C31H39NO6. The van der Waals surface area contributed by atoms with Crippen LogP contribution in [0.2, 0.25) is 0 Å². The number of carbonyl (C=O) groups excluding carboxylic acids is 3. The molecule has 0 aromatic heterocycles. The van der Waals surface area contributed by atoms with Gasteiger partial charge in [-0.1, -0.05) is 31.6 Å². The summed E-state index contributed by atoms with van der Waals surface area (Å²) in [5, 5.41) is 11.8. The summed E-state index contributed by atoms with van der Waals surface area (Å²) >= 11 is 0. The average Bonchev–Trinajstić information content (AvgIpc) is 3.22. The molecule has 0 spiro atoms. The van der Waals surface area contributed by atoms with Crippen molar-refractivity contribution in [2.24, 2.45) is 28.6 Å². The largest absolute Gasteiger partial charge is 0.478 e. The predicted molar refractivity (Wildman–Crippen MR) is 141 cm³/mol. The molecule has 0 radical (unpaired) electrons. The van der Waals surface area contributed by atoms with Gasteiger partial charge in [0.15, 0.2) is 5.78 Å². The summed E-state index contributed by atoms with van der Waals surface area (Å²) in [5.41, 5.74) is 2.48. The van der Waals surface area contributed by atoms with Gasteiger partial charge in [-0.3, -0.25) is 14.4 Å². The van der Waals surface area contributed by atoms with Crippen LogP contribution in [0.1, 0.15) is 94.0 Å². The van der Waals surface area contributed by atoms with Gasteiger partial charge < -0.3 is 15.2 Å². The normalized spacial score (nSPS) is 33.8. The van der Waals surface area contributed by atoms with Crippen molar-refractivity contribution in [1.82, 2.24) is 5.32 Å². The molecule has 38 heavy (non-hydrogen) atoms. The first-order valence-corrected chi connectivity index (χ1v) is 14.1. The molecule has 0 unspecified atom stereocenters. The number of rotatable bonds is 7. The van der Waals surface area contributed by atoms with Gasteiger partial charge in [0, 0.05) is 24.8 Å². The molecule has 4 aliphatic carbocycles. The lowest BCUT2D eigenvalue weighted by molar-refractivity contribution is -0.160. The Balaban J connectivity index is 1.12. The van der Waals surface area contributed by atoms with Crippen molar-refractivity contribution in [3.63, 3.8) is 0 Å². The molecule has 2 N–H and O–H groups in total. The fourth-order valence-electron chi connectivity index (χ4n) is 8.19.